The fourth-order valence-corrected chi connectivity index (χ4v) is 1.88. The van der Waals surface area contributed by atoms with Crippen molar-refractivity contribution in [3.05, 3.63) is 54.1 Å². The molecule has 5 nitrogen and oxygen atoms in total. The molecule has 1 heterocycles. The van der Waals surface area contributed by atoms with E-state index in [9.17, 15) is 0 Å². The smallest absolute Gasteiger partial charge is 0.189 e. The zero-order valence-electron chi connectivity index (χ0n) is 11.8. The van der Waals surface area contributed by atoms with Gasteiger partial charge in [-0.05, 0) is 12.0 Å². The molecule has 1 aromatic heterocycles. The maximum absolute atomic E-state index is 5.78. The maximum atomic E-state index is 5.78. The van der Waals surface area contributed by atoms with E-state index >= 15 is 0 Å². The Bertz CT molecular complexity index is 544. The molecule has 0 aliphatic carbocycles. The van der Waals surface area contributed by atoms with Crippen LogP contribution in [0.1, 0.15) is 24.7 Å². The summed E-state index contributed by atoms with van der Waals surface area (Å²) >= 11 is 0. The van der Waals surface area contributed by atoms with Crippen molar-refractivity contribution in [2.45, 2.75) is 26.4 Å². The molecule has 0 spiro atoms. The van der Waals surface area contributed by atoms with Gasteiger partial charge < -0.3 is 15.6 Å². The lowest BCUT2D eigenvalue weighted by Crippen LogP contribution is -2.32. The van der Waals surface area contributed by atoms with E-state index in [-0.39, 0.29) is 0 Å². The number of nitrogens with one attached hydrogen (secondary N) is 1. The van der Waals surface area contributed by atoms with Crippen LogP contribution in [0.2, 0.25) is 0 Å². The Labute approximate surface area is 119 Å². The number of benzene rings is 1. The Morgan fingerprint density at radius 2 is 2.15 bits per heavy atom. The summed E-state index contributed by atoms with van der Waals surface area (Å²) in [5, 5.41) is 3.05. The summed E-state index contributed by atoms with van der Waals surface area (Å²) in [7, 11) is 0. The molecule has 0 saturated carbocycles. The topological polar surface area (TPSA) is 68.2 Å². The molecule has 2 aromatic rings. The van der Waals surface area contributed by atoms with Crippen LogP contribution in [0.5, 0.6) is 0 Å². The van der Waals surface area contributed by atoms with E-state index < -0.39 is 0 Å². The minimum atomic E-state index is 0.473. The monoisotopic (exact) mass is 271 g/mol. The molecule has 2 rings (SSSR count). The third-order valence-corrected chi connectivity index (χ3v) is 2.94. The highest BCUT2D eigenvalue weighted by atomic mass is 15.1. The molecule has 0 bridgehead atoms. The summed E-state index contributed by atoms with van der Waals surface area (Å²) in [6.45, 7) is 4.22. The fraction of sp³-hybridized carbons (Fsp3) is 0.333. The average Bonchev–Trinajstić information content (AvgIpc) is 2.91. The van der Waals surface area contributed by atoms with Gasteiger partial charge in [-0.25, -0.2) is 9.98 Å². The van der Waals surface area contributed by atoms with Crippen molar-refractivity contribution in [1.82, 2.24) is 14.9 Å². The van der Waals surface area contributed by atoms with Crippen molar-refractivity contribution >= 4 is 5.96 Å². The van der Waals surface area contributed by atoms with E-state index in [4.69, 9.17) is 5.73 Å². The first kappa shape index (κ1) is 14.1. The quantitative estimate of drug-likeness (QED) is 0.621. The lowest BCUT2D eigenvalue weighted by molar-refractivity contribution is 0.720. The summed E-state index contributed by atoms with van der Waals surface area (Å²) in [5.74, 6) is 1.39. The van der Waals surface area contributed by atoms with Crippen LogP contribution in [0.4, 0.5) is 0 Å². The van der Waals surface area contributed by atoms with Crippen molar-refractivity contribution in [2.24, 2.45) is 10.7 Å². The maximum Gasteiger partial charge on any atom is 0.189 e. The van der Waals surface area contributed by atoms with Crippen molar-refractivity contribution < 1.29 is 0 Å². The van der Waals surface area contributed by atoms with Gasteiger partial charge in [0.05, 0.1) is 0 Å². The van der Waals surface area contributed by atoms with Gasteiger partial charge in [-0.15, -0.1) is 0 Å². The molecule has 0 aliphatic rings. The summed E-state index contributed by atoms with van der Waals surface area (Å²) < 4.78 is 2.09. The summed E-state index contributed by atoms with van der Waals surface area (Å²) in [5.41, 5.74) is 7.02. The predicted molar refractivity (Wildman–Crippen MR) is 81.4 cm³/mol. The van der Waals surface area contributed by atoms with Crippen LogP contribution in [0.3, 0.4) is 0 Å². The molecule has 0 atom stereocenters. The standard InChI is InChI=1S/C15H21N5/c1-2-8-18-15(16)19-11-14-17-9-10-20(14)12-13-6-4-3-5-7-13/h3-7,9-10H,2,8,11-12H2,1H3,(H3,16,18,19). The van der Waals surface area contributed by atoms with E-state index in [1.807, 2.05) is 24.4 Å². The van der Waals surface area contributed by atoms with Crippen LogP contribution < -0.4 is 11.1 Å². The van der Waals surface area contributed by atoms with Crippen molar-refractivity contribution in [2.75, 3.05) is 6.54 Å². The minimum absolute atomic E-state index is 0.473. The van der Waals surface area contributed by atoms with Gasteiger partial charge >= 0.3 is 0 Å². The number of aliphatic imine (C=N–C) groups is 1. The van der Waals surface area contributed by atoms with Gasteiger partial charge in [0.25, 0.3) is 0 Å². The molecule has 106 valence electrons. The molecule has 0 radical (unpaired) electrons. The highest BCUT2D eigenvalue weighted by molar-refractivity contribution is 5.77. The van der Waals surface area contributed by atoms with Crippen LogP contribution in [0.25, 0.3) is 0 Å². The van der Waals surface area contributed by atoms with Gasteiger partial charge in [-0.3, -0.25) is 0 Å². The third-order valence-electron chi connectivity index (χ3n) is 2.94. The normalized spacial score (nSPS) is 11.6. The fourth-order valence-electron chi connectivity index (χ4n) is 1.88. The summed E-state index contributed by atoms with van der Waals surface area (Å²) in [6, 6.07) is 10.3. The van der Waals surface area contributed by atoms with E-state index in [0.29, 0.717) is 12.5 Å². The largest absolute Gasteiger partial charge is 0.370 e. The number of hydrogen-bond acceptors (Lipinski definition) is 2. The second kappa shape index (κ2) is 7.33. The number of rotatable bonds is 6. The average molecular weight is 271 g/mol. The molecule has 1 aromatic carbocycles. The van der Waals surface area contributed by atoms with E-state index in [1.54, 1.807) is 6.20 Å². The van der Waals surface area contributed by atoms with Crippen LogP contribution in [0, 0.1) is 0 Å². The number of imidazole rings is 1. The van der Waals surface area contributed by atoms with E-state index in [1.165, 1.54) is 5.56 Å². The summed E-state index contributed by atoms with van der Waals surface area (Å²) in [4.78, 5) is 8.64. The van der Waals surface area contributed by atoms with Gasteiger partial charge in [0, 0.05) is 25.5 Å². The zero-order chi connectivity index (χ0) is 14.2. The molecule has 3 N–H and O–H groups in total. The number of nitrogens with zero attached hydrogens (tertiary/aromatic N) is 3. The van der Waals surface area contributed by atoms with Crippen LogP contribution in [-0.2, 0) is 13.1 Å². The Morgan fingerprint density at radius 1 is 1.35 bits per heavy atom. The molecule has 0 amide bonds. The molecular formula is C15H21N5. The summed E-state index contributed by atoms with van der Waals surface area (Å²) in [6.07, 6.45) is 4.79. The van der Waals surface area contributed by atoms with Crippen molar-refractivity contribution in [1.29, 1.82) is 0 Å². The number of hydrogen-bond donors (Lipinski definition) is 2. The van der Waals surface area contributed by atoms with Gasteiger partial charge in [-0.1, -0.05) is 37.3 Å². The predicted octanol–water partition coefficient (Wildman–Crippen LogP) is 1.75. The number of aromatic nitrogens is 2. The zero-order valence-corrected chi connectivity index (χ0v) is 11.8. The number of nitrogens with two attached hydrogens (primary N) is 1. The van der Waals surface area contributed by atoms with Crippen LogP contribution >= 0.6 is 0 Å². The molecule has 5 heteroatoms. The van der Waals surface area contributed by atoms with E-state index in [0.717, 1.165) is 25.3 Å². The molecule has 0 aliphatic heterocycles. The van der Waals surface area contributed by atoms with Gasteiger partial charge in [0.2, 0.25) is 0 Å². The molecule has 20 heavy (non-hydrogen) atoms. The van der Waals surface area contributed by atoms with Crippen molar-refractivity contribution in [3.63, 3.8) is 0 Å². The lowest BCUT2D eigenvalue weighted by Gasteiger charge is -2.07. The first-order valence-corrected chi connectivity index (χ1v) is 6.87. The molecule has 0 saturated heterocycles. The molecular weight excluding hydrogens is 250 g/mol. The van der Waals surface area contributed by atoms with Crippen molar-refractivity contribution in [3.8, 4) is 0 Å². The lowest BCUT2D eigenvalue weighted by atomic mass is 10.2. The highest BCUT2D eigenvalue weighted by Gasteiger charge is 2.03. The van der Waals surface area contributed by atoms with Crippen LogP contribution in [-0.4, -0.2) is 22.1 Å². The second-order valence-electron chi connectivity index (χ2n) is 4.59. The second-order valence-corrected chi connectivity index (χ2v) is 4.59. The Kier molecular flexibility index (Phi) is 5.17. The van der Waals surface area contributed by atoms with Gasteiger partial charge in [-0.2, -0.15) is 0 Å². The number of guanidine groups is 1. The third kappa shape index (κ3) is 4.12. The molecule has 0 unspecified atom stereocenters. The first-order valence-electron chi connectivity index (χ1n) is 6.87. The Balaban J connectivity index is 1.98. The van der Waals surface area contributed by atoms with Gasteiger partial charge in [0.1, 0.15) is 12.4 Å². The SMILES string of the molecule is CCCNC(N)=NCc1nccn1Cc1ccccc1. The Morgan fingerprint density at radius 3 is 2.90 bits per heavy atom. The molecule has 0 fully saturated rings. The highest BCUT2D eigenvalue weighted by Crippen LogP contribution is 2.06. The minimum Gasteiger partial charge on any atom is -0.370 e. The van der Waals surface area contributed by atoms with E-state index in [2.05, 4.69) is 38.9 Å². The first-order chi connectivity index (χ1) is 9.79. The van der Waals surface area contributed by atoms with Crippen LogP contribution in [0.15, 0.2) is 47.7 Å². The Hall–Kier alpha value is -2.30. The van der Waals surface area contributed by atoms with Gasteiger partial charge in [0.15, 0.2) is 5.96 Å².